The lowest BCUT2D eigenvalue weighted by atomic mass is 10.1. The molecule has 2 aromatic carbocycles. The Kier molecular flexibility index (Phi) is 5.48. The van der Waals surface area contributed by atoms with Crippen LogP contribution in [0.2, 0.25) is 5.02 Å². The second-order valence-electron chi connectivity index (χ2n) is 5.27. The number of thiophene rings is 1. The third-order valence-corrected chi connectivity index (χ3v) is 4.58. The number of benzene rings is 2. The lowest BCUT2D eigenvalue weighted by molar-refractivity contribution is 0.0872. The number of hydrogen-bond acceptors (Lipinski definition) is 4. The van der Waals surface area contributed by atoms with E-state index in [1.165, 1.54) is 11.3 Å². The highest BCUT2D eigenvalue weighted by Gasteiger charge is 2.23. The molecule has 1 atom stereocenters. The standard InChI is InChI=1S/C19H15ClN2O2S/c20-14-8-4-9-15(12-14)21-18(17(23)13-6-2-1-3-7-13)22-19(24)16-10-5-11-25-16/h1-12,18,21H,(H,22,24). The van der Waals surface area contributed by atoms with Gasteiger partial charge in [0.2, 0.25) is 5.78 Å². The van der Waals surface area contributed by atoms with Crippen LogP contribution in [0.25, 0.3) is 0 Å². The molecule has 0 radical (unpaired) electrons. The molecular formula is C19H15ClN2O2S. The average Bonchev–Trinajstić information content (AvgIpc) is 3.16. The maximum absolute atomic E-state index is 12.8. The highest BCUT2D eigenvalue weighted by molar-refractivity contribution is 7.12. The summed E-state index contributed by atoms with van der Waals surface area (Å²) in [7, 11) is 0. The predicted octanol–water partition coefficient (Wildman–Crippen LogP) is 4.45. The summed E-state index contributed by atoms with van der Waals surface area (Å²) in [6.45, 7) is 0. The minimum absolute atomic E-state index is 0.231. The lowest BCUT2D eigenvalue weighted by Gasteiger charge is -2.20. The van der Waals surface area contributed by atoms with E-state index in [2.05, 4.69) is 10.6 Å². The molecule has 0 fully saturated rings. The molecule has 0 aliphatic rings. The van der Waals surface area contributed by atoms with Crippen molar-refractivity contribution in [3.8, 4) is 0 Å². The van der Waals surface area contributed by atoms with Crippen molar-refractivity contribution in [2.24, 2.45) is 0 Å². The van der Waals surface area contributed by atoms with Gasteiger partial charge >= 0.3 is 0 Å². The first-order valence-corrected chi connectivity index (χ1v) is 8.85. The van der Waals surface area contributed by atoms with Crippen LogP contribution < -0.4 is 10.6 Å². The minimum Gasteiger partial charge on any atom is -0.359 e. The molecule has 1 heterocycles. The van der Waals surface area contributed by atoms with Crippen molar-refractivity contribution in [1.82, 2.24) is 5.32 Å². The SMILES string of the molecule is O=C(NC(Nc1cccc(Cl)c1)C(=O)c1ccccc1)c1cccs1. The van der Waals surface area contributed by atoms with E-state index >= 15 is 0 Å². The van der Waals surface area contributed by atoms with E-state index in [0.29, 0.717) is 21.2 Å². The zero-order valence-corrected chi connectivity index (χ0v) is 14.7. The van der Waals surface area contributed by atoms with Crippen LogP contribution in [0.5, 0.6) is 0 Å². The second-order valence-corrected chi connectivity index (χ2v) is 6.65. The third-order valence-electron chi connectivity index (χ3n) is 3.48. The number of carbonyl (C=O) groups excluding carboxylic acids is 2. The van der Waals surface area contributed by atoms with E-state index in [4.69, 9.17) is 11.6 Å². The van der Waals surface area contributed by atoms with Gasteiger partial charge in [0.1, 0.15) is 0 Å². The molecule has 0 aliphatic heterocycles. The van der Waals surface area contributed by atoms with Crippen LogP contribution in [0.4, 0.5) is 5.69 Å². The molecule has 126 valence electrons. The van der Waals surface area contributed by atoms with Gasteiger partial charge in [-0.1, -0.05) is 54.1 Å². The van der Waals surface area contributed by atoms with Crippen molar-refractivity contribution >= 4 is 40.3 Å². The fourth-order valence-corrected chi connectivity index (χ4v) is 3.11. The highest BCUT2D eigenvalue weighted by atomic mass is 35.5. The molecule has 6 heteroatoms. The Labute approximate surface area is 154 Å². The lowest BCUT2D eigenvalue weighted by Crippen LogP contribution is -2.46. The van der Waals surface area contributed by atoms with E-state index in [1.807, 2.05) is 11.4 Å². The van der Waals surface area contributed by atoms with Crippen molar-refractivity contribution in [3.63, 3.8) is 0 Å². The molecule has 3 rings (SSSR count). The van der Waals surface area contributed by atoms with Crippen LogP contribution in [0.3, 0.4) is 0 Å². The van der Waals surface area contributed by atoms with Gasteiger partial charge in [-0.25, -0.2) is 0 Å². The van der Waals surface area contributed by atoms with Crippen LogP contribution >= 0.6 is 22.9 Å². The molecular weight excluding hydrogens is 356 g/mol. The fraction of sp³-hybridized carbons (Fsp3) is 0.0526. The van der Waals surface area contributed by atoms with Crippen LogP contribution in [-0.2, 0) is 0 Å². The minimum atomic E-state index is -0.907. The number of nitrogens with one attached hydrogen (secondary N) is 2. The van der Waals surface area contributed by atoms with Crippen LogP contribution in [0.15, 0.2) is 72.1 Å². The van der Waals surface area contributed by atoms with E-state index in [1.54, 1.807) is 60.7 Å². The molecule has 3 aromatic rings. The highest BCUT2D eigenvalue weighted by Crippen LogP contribution is 2.17. The van der Waals surface area contributed by atoms with Crippen LogP contribution in [0, 0.1) is 0 Å². The Morgan fingerprint density at radius 1 is 0.960 bits per heavy atom. The van der Waals surface area contributed by atoms with E-state index < -0.39 is 6.17 Å². The van der Waals surface area contributed by atoms with Gasteiger partial charge < -0.3 is 10.6 Å². The summed E-state index contributed by atoms with van der Waals surface area (Å²) in [5.74, 6) is -0.538. The van der Waals surface area contributed by atoms with Crippen molar-refractivity contribution in [2.45, 2.75) is 6.17 Å². The molecule has 4 nitrogen and oxygen atoms in total. The second kappa shape index (κ2) is 7.96. The maximum Gasteiger partial charge on any atom is 0.263 e. The molecule has 0 bridgehead atoms. The molecule has 25 heavy (non-hydrogen) atoms. The first-order valence-electron chi connectivity index (χ1n) is 7.59. The molecule has 0 saturated carbocycles. The van der Waals surface area contributed by atoms with Gasteiger partial charge in [0.15, 0.2) is 6.17 Å². The van der Waals surface area contributed by atoms with Gasteiger partial charge in [-0.05, 0) is 29.6 Å². The Morgan fingerprint density at radius 2 is 1.76 bits per heavy atom. The zero-order chi connectivity index (χ0) is 17.6. The number of hydrogen-bond donors (Lipinski definition) is 2. The normalized spacial score (nSPS) is 11.6. The van der Waals surface area contributed by atoms with Crippen molar-refractivity contribution < 1.29 is 9.59 Å². The Balaban J connectivity index is 1.85. The molecule has 2 N–H and O–H groups in total. The van der Waals surface area contributed by atoms with E-state index in [9.17, 15) is 9.59 Å². The number of ketones is 1. The average molecular weight is 371 g/mol. The summed E-state index contributed by atoms with van der Waals surface area (Å²) in [4.78, 5) is 25.8. The quantitative estimate of drug-likeness (QED) is 0.497. The molecule has 1 aromatic heterocycles. The number of amides is 1. The molecule has 1 unspecified atom stereocenters. The van der Waals surface area contributed by atoms with E-state index in [-0.39, 0.29) is 11.7 Å². The van der Waals surface area contributed by atoms with Gasteiger partial charge in [-0.15, -0.1) is 11.3 Å². The summed E-state index contributed by atoms with van der Waals surface area (Å²) in [6, 6.07) is 19.3. The summed E-state index contributed by atoms with van der Waals surface area (Å²) in [5, 5.41) is 8.16. The number of Topliss-reactive ketones (excluding diaryl/α,β-unsaturated/α-hetero) is 1. The Morgan fingerprint density at radius 3 is 2.44 bits per heavy atom. The van der Waals surface area contributed by atoms with Gasteiger partial charge in [0.05, 0.1) is 4.88 Å². The van der Waals surface area contributed by atoms with Crippen molar-refractivity contribution in [1.29, 1.82) is 0 Å². The smallest absolute Gasteiger partial charge is 0.263 e. The zero-order valence-electron chi connectivity index (χ0n) is 13.1. The first kappa shape index (κ1) is 17.2. The van der Waals surface area contributed by atoms with Gasteiger partial charge in [0.25, 0.3) is 5.91 Å². The largest absolute Gasteiger partial charge is 0.359 e. The Hall–Kier alpha value is -2.63. The van der Waals surface area contributed by atoms with Crippen molar-refractivity contribution in [2.75, 3.05) is 5.32 Å². The maximum atomic E-state index is 12.8. The number of rotatable bonds is 6. The number of carbonyl (C=O) groups is 2. The van der Waals surface area contributed by atoms with Crippen LogP contribution in [0.1, 0.15) is 20.0 Å². The number of anilines is 1. The molecule has 0 aliphatic carbocycles. The van der Waals surface area contributed by atoms with E-state index in [0.717, 1.165) is 0 Å². The van der Waals surface area contributed by atoms with Gasteiger partial charge in [0, 0.05) is 16.3 Å². The van der Waals surface area contributed by atoms with Gasteiger partial charge in [-0.2, -0.15) is 0 Å². The fourth-order valence-electron chi connectivity index (χ4n) is 2.29. The summed E-state index contributed by atoms with van der Waals surface area (Å²) >= 11 is 7.32. The summed E-state index contributed by atoms with van der Waals surface area (Å²) < 4.78 is 0. The summed E-state index contributed by atoms with van der Waals surface area (Å²) in [5.41, 5.74) is 1.15. The first-order chi connectivity index (χ1) is 12.1. The number of halogens is 1. The predicted molar refractivity (Wildman–Crippen MR) is 101 cm³/mol. The topological polar surface area (TPSA) is 58.2 Å². The Bertz CT molecular complexity index is 866. The molecule has 0 saturated heterocycles. The monoisotopic (exact) mass is 370 g/mol. The van der Waals surface area contributed by atoms with Crippen LogP contribution in [-0.4, -0.2) is 17.9 Å². The summed E-state index contributed by atoms with van der Waals surface area (Å²) in [6.07, 6.45) is -0.907. The molecule has 0 spiro atoms. The van der Waals surface area contributed by atoms with Crippen molar-refractivity contribution in [3.05, 3.63) is 87.6 Å². The molecule has 1 amide bonds. The third kappa shape index (κ3) is 4.47. The van der Waals surface area contributed by atoms with Gasteiger partial charge in [-0.3, -0.25) is 9.59 Å².